The predicted molar refractivity (Wildman–Crippen MR) is 109 cm³/mol. The molecule has 0 saturated carbocycles. The molecule has 2 aromatic carbocycles. The van der Waals surface area contributed by atoms with E-state index in [9.17, 15) is 9.59 Å². The zero-order valence-electron chi connectivity index (χ0n) is 15.0. The first kappa shape index (κ1) is 17.8. The van der Waals surface area contributed by atoms with E-state index in [1.54, 1.807) is 11.4 Å². The zero-order valence-corrected chi connectivity index (χ0v) is 15.8. The van der Waals surface area contributed by atoms with E-state index in [0.29, 0.717) is 5.52 Å². The Morgan fingerprint density at radius 2 is 1.54 bits per heavy atom. The lowest BCUT2D eigenvalue weighted by Crippen LogP contribution is -2.42. The third kappa shape index (κ3) is 3.74. The van der Waals surface area contributed by atoms with Gasteiger partial charge in [0.1, 0.15) is 16.4 Å². The molecule has 0 spiro atoms. The lowest BCUT2D eigenvalue weighted by molar-refractivity contribution is 0.0842. The van der Waals surface area contributed by atoms with Crippen LogP contribution in [-0.2, 0) is 0 Å². The van der Waals surface area contributed by atoms with Crippen molar-refractivity contribution in [1.29, 1.82) is 0 Å². The van der Waals surface area contributed by atoms with Crippen LogP contribution in [0.5, 0.6) is 0 Å². The van der Waals surface area contributed by atoms with Gasteiger partial charge in [0.15, 0.2) is 0 Å². The monoisotopic (exact) mass is 388 g/mol. The van der Waals surface area contributed by atoms with Gasteiger partial charge in [0.25, 0.3) is 11.8 Å². The van der Waals surface area contributed by atoms with E-state index in [1.807, 2.05) is 61.5 Å². The van der Waals surface area contributed by atoms with Crippen LogP contribution in [0.3, 0.4) is 0 Å². The lowest BCUT2D eigenvalue weighted by Gasteiger charge is -2.06. The number of fused-ring (bicyclic) bond motifs is 1. The van der Waals surface area contributed by atoms with Crippen LogP contribution >= 0.6 is 11.3 Å². The van der Waals surface area contributed by atoms with E-state index in [2.05, 4.69) is 20.8 Å². The van der Waals surface area contributed by atoms with Crippen molar-refractivity contribution in [1.82, 2.24) is 20.8 Å². The van der Waals surface area contributed by atoms with Gasteiger partial charge in [0.2, 0.25) is 0 Å². The maximum atomic E-state index is 12.3. The van der Waals surface area contributed by atoms with Gasteiger partial charge < -0.3 is 0 Å². The molecule has 0 atom stereocenters. The first-order valence-corrected chi connectivity index (χ1v) is 9.47. The third-order valence-electron chi connectivity index (χ3n) is 4.16. The summed E-state index contributed by atoms with van der Waals surface area (Å²) in [6.07, 6.45) is 0. The molecule has 0 bridgehead atoms. The van der Waals surface area contributed by atoms with E-state index in [4.69, 9.17) is 0 Å². The maximum Gasteiger partial charge on any atom is 0.289 e. The summed E-state index contributed by atoms with van der Waals surface area (Å²) in [5.41, 5.74) is 8.04. The summed E-state index contributed by atoms with van der Waals surface area (Å²) in [5, 5.41) is 3.34. The average molecular weight is 388 g/mol. The fourth-order valence-electron chi connectivity index (χ4n) is 2.64. The Labute approximate surface area is 165 Å². The van der Waals surface area contributed by atoms with Gasteiger partial charge in [0.05, 0.1) is 5.52 Å². The second-order valence-corrected chi connectivity index (χ2v) is 7.06. The van der Waals surface area contributed by atoms with Crippen molar-refractivity contribution in [3.63, 3.8) is 0 Å². The van der Waals surface area contributed by atoms with Gasteiger partial charge in [-0.1, -0.05) is 54.1 Å². The molecule has 0 aliphatic carbocycles. The van der Waals surface area contributed by atoms with Gasteiger partial charge in [-0.3, -0.25) is 20.4 Å². The molecular weight excluding hydrogens is 372 g/mol. The fraction of sp³-hybridized carbons (Fsp3) is 0.0476. The van der Waals surface area contributed by atoms with Crippen molar-refractivity contribution < 1.29 is 9.59 Å². The second kappa shape index (κ2) is 7.58. The number of aromatic nitrogens is 2. The number of thiazole rings is 1. The molecule has 28 heavy (non-hydrogen) atoms. The van der Waals surface area contributed by atoms with Gasteiger partial charge in [0, 0.05) is 16.3 Å². The first-order valence-electron chi connectivity index (χ1n) is 8.59. The van der Waals surface area contributed by atoms with Crippen molar-refractivity contribution in [3.8, 4) is 10.6 Å². The molecule has 2 N–H and O–H groups in total. The second-order valence-electron chi connectivity index (χ2n) is 6.20. The normalized spacial score (nSPS) is 10.6. The largest absolute Gasteiger partial charge is 0.289 e. The topological polar surface area (TPSA) is 84.0 Å². The highest BCUT2D eigenvalue weighted by Gasteiger charge is 2.14. The molecule has 2 aromatic heterocycles. The first-order chi connectivity index (χ1) is 13.6. The highest BCUT2D eigenvalue weighted by molar-refractivity contribution is 7.13. The smallest absolute Gasteiger partial charge is 0.266 e. The van der Waals surface area contributed by atoms with Gasteiger partial charge >= 0.3 is 0 Å². The number of para-hydroxylation sites is 1. The number of pyridine rings is 1. The van der Waals surface area contributed by atoms with Crippen LogP contribution in [0.1, 0.15) is 26.5 Å². The number of carbonyl (C=O) groups is 2. The minimum absolute atomic E-state index is 0.220. The molecule has 4 aromatic rings. The maximum absolute atomic E-state index is 12.3. The molecule has 0 saturated heterocycles. The van der Waals surface area contributed by atoms with Crippen LogP contribution in [0, 0.1) is 6.92 Å². The summed E-state index contributed by atoms with van der Waals surface area (Å²) in [4.78, 5) is 33.2. The number of rotatable bonds is 3. The minimum atomic E-state index is -0.493. The van der Waals surface area contributed by atoms with Gasteiger partial charge in [-0.15, -0.1) is 11.3 Å². The van der Waals surface area contributed by atoms with Crippen molar-refractivity contribution in [3.05, 3.63) is 83.0 Å². The summed E-state index contributed by atoms with van der Waals surface area (Å²) in [6.45, 7) is 2.01. The number of hydrazine groups is 1. The fourth-order valence-corrected chi connectivity index (χ4v) is 3.45. The summed E-state index contributed by atoms with van der Waals surface area (Å²) in [6, 6.07) is 18.8. The van der Waals surface area contributed by atoms with Crippen LogP contribution in [0.15, 0.2) is 66.0 Å². The van der Waals surface area contributed by atoms with Crippen LogP contribution < -0.4 is 10.9 Å². The highest BCUT2D eigenvalue weighted by atomic mass is 32.1. The number of aryl methyl sites for hydroxylation is 1. The zero-order chi connectivity index (χ0) is 19.5. The Hall–Kier alpha value is -3.58. The highest BCUT2D eigenvalue weighted by Crippen LogP contribution is 2.23. The SMILES string of the molecule is Cc1ccc(-c2nc(C(=O)NNC(=O)c3ccc4ccccc4n3)cs2)cc1. The number of amides is 2. The summed E-state index contributed by atoms with van der Waals surface area (Å²) < 4.78 is 0. The number of nitrogens with zero attached hydrogens (tertiary/aromatic N) is 2. The van der Waals surface area contributed by atoms with Crippen molar-refractivity contribution in [2.24, 2.45) is 0 Å². The molecule has 0 fully saturated rings. The Morgan fingerprint density at radius 3 is 2.32 bits per heavy atom. The van der Waals surface area contributed by atoms with Crippen LogP contribution in [0.4, 0.5) is 0 Å². The summed E-state index contributed by atoms with van der Waals surface area (Å²) >= 11 is 1.37. The molecule has 7 heteroatoms. The molecule has 0 aliphatic rings. The van der Waals surface area contributed by atoms with Crippen LogP contribution in [-0.4, -0.2) is 21.8 Å². The molecular formula is C21H16N4O2S. The average Bonchev–Trinajstić information content (AvgIpc) is 3.22. The summed E-state index contributed by atoms with van der Waals surface area (Å²) in [7, 11) is 0. The third-order valence-corrected chi connectivity index (χ3v) is 5.05. The summed E-state index contributed by atoms with van der Waals surface area (Å²) in [5.74, 6) is -0.975. The predicted octanol–water partition coefficient (Wildman–Crippen LogP) is 3.74. The Kier molecular flexibility index (Phi) is 4.82. The Balaban J connectivity index is 1.42. The van der Waals surface area contributed by atoms with Crippen molar-refractivity contribution in [2.45, 2.75) is 6.92 Å². The number of hydrogen-bond donors (Lipinski definition) is 2. The van der Waals surface area contributed by atoms with E-state index in [0.717, 1.165) is 21.5 Å². The molecule has 0 radical (unpaired) electrons. The van der Waals surface area contributed by atoms with Gasteiger partial charge in [-0.25, -0.2) is 9.97 Å². The van der Waals surface area contributed by atoms with E-state index >= 15 is 0 Å². The lowest BCUT2D eigenvalue weighted by atomic mass is 10.2. The molecule has 2 amide bonds. The minimum Gasteiger partial charge on any atom is -0.266 e. The molecule has 138 valence electrons. The van der Waals surface area contributed by atoms with Crippen molar-refractivity contribution >= 4 is 34.1 Å². The Bertz CT molecular complexity index is 1170. The number of hydrogen-bond acceptors (Lipinski definition) is 5. The molecule has 0 unspecified atom stereocenters. The van der Waals surface area contributed by atoms with Gasteiger partial charge in [-0.05, 0) is 19.1 Å². The molecule has 0 aliphatic heterocycles. The number of nitrogens with one attached hydrogen (secondary N) is 2. The van der Waals surface area contributed by atoms with Gasteiger partial charge in [-0.2, -0.15) is 0 Å². The molecule has 2 heterocycles. The van der Waals surface area contributed by atoms with Crippen LogP contribution in [0.25, 0.3) is 21.5 Å². The van der Waals surface area contributed by atoms with E-state index in [1.165, 1.54) is 11.3 Å². The van der Waals surface area contributed by atoms with Crippen LogP contribution in [0.2, 0.25) is 0 Å². The van der Waals surface area contributed by atoms with E-state index in [-0.39, 0.29) is 11.4 Å². The Morgan fingerprint density at radius 1 is 0.821 bits per heavy atom. The number of benzene rings is 2. The molecule has 4 rings (SSSR count). The quantitative estimate of drug-likeness (QED) is 0.524. The standard InChI is InChI=1S/C21H16N4O2S/c1-13-6-8-15(9-7-13)21-23-18(12-28-21)20(27)25-24-19(26)17-11-10-14-4-2-3-5-16(14)22-17/h2-12H,1H3,(H,24,26)(H,25,27). The molecule has 6 nitrogen and oxygen atoms in total. The van der Waals surface area contributed by atoms with Crippen molar-refractivity contribution in [2.75, 3.05) is 0 Å². The number of carbonyl (C=O) groups excluding carboxylic acids is 2. The van der Waals surface area contributed by atoms with E-state index < -0.39 is 11.8 Å².